The third-order valence-electron chi connectivity index (χ3n) is 3.37. The summed E-state index contributed by atoms with van der Waals surface area (Å²) in [5, 5.41) is 7.46. The first-order valence-electron chi connectivity index (χ1n) is 7.52. The van der Waals surface area contributed by atoms with E-state index in [1.165, 1.54) is 0 Å². The molecule has 0 radical (unpaired) electrons. The highest BCUT2D eigenvalue weighted by Crippen LogP contribution is 2.28. The van der Waals surface area contributed by atoms with Crippen molar-refractivity contribution in [1.82, 2.24) is 9.97 Å². The number of halogens is 2. The lowest BCUT2D eigenvalue weighted by atomic mass is 10.3. The van der Waals surface area contributed by atoms with E-state index in [1.807, 2.05) is 37.3 Å². The summed E-state index contributed by atoms with van der Waals surface area (Å²) in [6.45, 7) is 1.89. The smallest absolute Gasteiger partial charge is 0.229 e. The van der Waals surface area contributed by atoms with Crippen molar-refractivity contribution in [3.8, 4) is 5.75 Å². The SMILES string of the molecule is COc1cccc(Nc2cc(C)nc(Nc3cc(Cl)ccc3Cl)n2)c1. The number of hydrogen-bond donors (Lipinski definition) is 2. The normalized spacial score (nSPS) is 10.4. The molecule has 5 nitrogen and oxygen atoms in total. The fourth-order valence-electron chi connectivity index (χ4n) is 2.25. The second-order valence-electron chi connectivity index (χ2n) is 5.32. The summed E-state index contributed by atoms with van der Waals surface area (Å²) in [4.78, 5) is 8.86. The van der Waals surface area contributed by atoms with E-state index >= 15 is 0 Å². The van der Waals surface area contributed by atoms with Gasteiger partial charge in [0.15, 0.2) is 0 Å². The Hall–Kier alpha value is -2.50. The molecule has 3 rings (SSSR count). The van der Waals surface area contributed by atoms with Crippen molar-refractivity contribution in [1.29, 1.82) is 0 Å². The molecule has 0 unspecified atom stereocenters. The average Bonchev–Trinajstić information content (AvgIpc) is 2.58. The molecule has 7 heteroatoms. The number of hydrogen-bond acceptors (Lipinski definition) is 5. The number of aryl methyl sites for hydroxylation is 1. The minimum Gasteiger partial charge on any atom is -0.497 e. The number of anilines is 4. The number of nitrogens with one attached hydrogen (secondary N) is 2. The van der Waals surface area contributed by atoms with Gasteiger partial charge in [0.25, 0.3) is 0 Å². The Bertz CT molecular complexity index is 902. The van der Waals surface area contributed by atoms with E-state index in [4.69, 9.17) is 27.9 Å². The Balaban J connectivity index is 1.86. The van der Waals surface area contributed by atoms with E-state index in [0.29, 0.717) is 27.5 Å². The fourth-order valence-corrected chi connectivity index (χ4v) is 2.59. The topological polar surface area (TPSA) is 59.1 Å². The Labute approximate surface area is 156 Å². The lowest BCUT2D eigenvalue weighted by Gasteiger charge is -2.11. The van der Waals surface area contributed by atoms with Gasteiger partial charge < -0.3 is 15.4 Å². The maximum Gasteiger partial charge on any atom is 0.229 e. The zero-order valence-electron chi connectivity index (χ0n) is 13.7. The first-order valence-corrected chi connectivity index (χ1v) is 8.28. The molecule has 128 valence electrons. The zero-order chi connectivity index (χ0) is 17.8. The molecule has 3 aromatic rings. The summed E-state index contributed by atoms with van der Waals surface area (Å²) < 4.78 is 5.23. The molecule has 2 N–H and O–H groups in total. The monoisotopic (exact) mass is 374 g/mol. The third kappa shape index (κ3) is 4.53. The summed E-state index contributed by atoms with van der Waals surface area (Å²) in [5.74, 6) is 1.84. The number of aromatic nitrogens is 2. The highest BCUT2D eigenvalue weighted by atomic mass is 35.5. The van der Waals surface area contributed by atoms with Crippen molar-refractivity contribution in [3.05, 3.63) is 64.3 Å². The quantitative estimate of drug-likeness (QED) is 0.609. The molecule has 0 spiro atoms. The molecular formula is C18H16Cl2N4O. The van der Waals surface area contributed by atoms with Crippen molar-refractivity contribution in [2.24, 2.45) is 0 Å². The van der Waals surface area contributed by atoms with Gasteiger partial charge in [-0.05, 0) is 37.3 Å². The van der Waals surface area contributed by atoms with Crippen LogP contribution in [0.1, 0.15) is 5.69 Å². The molecule has 0 aliphatic heterocycles. The molecule has 1 aromatic heterocycles. The standard InChI is InChI=1S/C18H16Cl2N4O/c1-11-8-17(22-13-4-3-5-14(10-13)25-2)24-18(21-11)23-16-9-12(19)6-7-15(16)20/h3-10H,1-2H3,(H2,21,22,23,24). The molecule has 0 saturated carbocycles. The summed E-state index contributed by atoms with van der Waals surface area (Å²) >= 11 is 12.2. The summed E-state index contributed by atoms with van der Waals surface area (Å²) in [6.07, 6.45) is 0. The van der Waals surface area contributed by atoms with E-state index in [2.05, 4.69) is 20.6 Å². The molecular weight excluding hydrogens is 359 g/mol. The van der Waals surface area contributed by atoms with Gasteiger partial charge in [0.05, 0.1) is 17.8 Å². The Morgan fingerprint density at radius 2 is 1.80 bits per heavy atom. The summed E-state index contributed by atoms with van der Waals surface area (Å²) in [7, 11) is 1.63. The van der Waals surface area contributed by atoms with Crippen LogP contribution in [-0.4, -0.2) is 17.1 Å². The molecule has 0 aliphatic rings. The molecule has 1 heterocycles. The second kappa shape index (κ2) is 7.59. The fraction of sp³-hybridized carbons (Fsp3) is 0.111. The highest BCUT2D eigenvalue weighted by Gasteiger charge is 2.07. The van der Waals surface area contributed by atoms with Gasteiger partial charge >= 0.3 is 0 Å². The van der Waals surface area contributed by atoms with E-state index in [9.17, 15) is 0 Å². The van der Waals surface area contributed by atoms with Crippen LogP contribution in [0.3, 0.4) is 0 Å². The molecule has 0 bridgehead atoms. The lowest BCUT2D eigenvalue weighted by molar-refractivity contribution is 0.415. The zero-order valence-corrected chi connectivity index (χ0v) is 15.2. The second-order valence-corrected chi connectivity index (χ2v) is 6.17. The Morgan fingerprint density at radius 3 is 2.60 bits per heavy atom. The Kier molecular flexibility index (Phi) is 5.26. The van der Waals surface area contributed by atoms with E-state index in [-0.39, 0.29) is 0 Å². The van der Waals surface area contributed by atoms with Crippen LogP contribution in [-0.2, 0) is 0 Å². The van der Waals surface area contributed by atoms with E-state index < -0.39 is 0 Å². The first-order chi connectivity index (χ1) is 12.0. The van der Waals surface area contributed by atoms with Crippen LogP contribution in [0.5, 0.6) is 5.75 Å². The van der Waals surface area contributed by atoms with Gasteiger partial charge in [0.1, 0.15) is 11.6 Å². The summed E-state index contributed by atoms with van der Waals surface area (Å²) in [5.41, 5.74) is 2.32. The Morgan fingerprint density at radius 1 is 0.960 bits per heavy atom. The molecule has 0 saturated heterocycles. The number of methoxy groups -OCH3 is 1. The number of rotatable bonds is 5. The first kappa shape index (κ1) is 17.3. The predicted octanol–water partition coefficient (Wildman–Crippen LogP) is 5.59. The van der Waals surface area contributed by atoms with Gasteiger partial charge in [-0.2, -0.15) is 4.98 Å². The van der Waals surface area contributed by atoms with Crippen molar-refractivity contribution in [3.63, 3.8) is 0 Å². The summed E-state index contributed by atoms with van der Waals surface area (Å²) in [6, 6.07) is 14.6. The van der Waals surface area contributed by atoms with Crippen LogP contribution in [0.25, 0.3) is 0 Å². The lowest BCUT2D eigenvalue weighted by Crippen LogP contribution is -2.02. The van der Waals surface area contributed by atoms with Crippen LogP contribution in [0, 0.1) is 6.92 Å². The van der Waals surface area contributed by atoms with Crippen LogP contribution in [0.2, 0.25) is 10.0 Å². The largest absolute Gasteiger partial charge is 0.497 e. The number of nitrogens with zero attached hydrogens (tertiary/aromatic N) is 2. The molecule has 2 aromatic carbocycles. The van der Waals surface area contributed by atoms with Gasteiger partial charge in [0.2, 0.25) is 5.95 Å². The molecule has 0 atom stereocenters. The van der Waals surface area contributed by atoms with Gasteiger partial charge in [-0.1, -0.05) is 29.3 Å². The van der Waals surface area contributed by atoms with Gasteiger partial charge in [-0.25, -0.2) is 4.98 Å². The minimum absolute atomic E-state index is 0.426. The predicted molar refractivity (Wildman–Crippen MR) is 103 cm³/mol. The van der Waals surface area contributed by atoms with Gasteiger partial charge in [-0.15, -0.1) is 0 Å². The van der Waals surface area contributed by atoms with E-state index in [0.717, 1.165) is 17.1 Å². The number of benzene rings is 2. The highest BCUT2D eigenvalue weighted by molar-refractivity contribution is 6.35. The van der Waals surface area contributed by atoms with Crippen LogP contribution >= 0.6 is 23.2 Å². The van der Waals surface area contributed by atoms with Crippen LogP contribution in [0.15, 0.2) is 48.5 Å². The van der Waals surface area contributed by atoms with Crippen molar-refractivity contribution in [2.45, 2.75) is 6.92 Å². The minimum atomic E-state index is 0.426. The molecule has 0 fully saturated rings. The van der Waals surface area contributed by atoms with Gasteiger partial charge in [-0.3, -0.25) is 0 Å². The molecule has 0 amide bonds. The van der Waals surface area contributed by atoms with Crippen molar-refractivity contribution in [2.75, 3.05) is 17.7 Å². The average molecular weight is 375 g/mol. The third-order valence-corrected chi connectivity index (χ3v) is 3.94. The molecule has 25 heavy (non-hydrogen) atoms. The van der Waals surface area contributed by atoms with E-state index in [1.54, 1.807) is 25.3 Å². The molecule has 0 aliphatic carbocycles. The van der Waals surface area contributed by atoms with Crippen molar-refractivity contribution >= 4 is 46.3 Å². The van der Waals surface area contributed by atoms with Crippen LogP contribution < -0.4 is 15.4 Å². The van der Waals surface area contributed by atoms with Crippen molar-refractivity contribution < 1.29 is 4.74 Å². The number of ether oxygens (including phenoxy) is 1. The maximum absolute atomic E-state index is 6.18. The van der Waals surface area contributed by atoms with Crippen LogP contribution in [0.4, 0.5) is 23.1 Å². The maximum atomic E-state index is 6.18. The van der Waals surface area contributed by atoms with Gasteiger partial charge in [0, 0.05) is 28.5 Å².